The quantitative estimate of drug-likeness (QED) is 0.589. The van der Waals surface area contributed by atoms with E-state index in [2.05, 4.69) is 36.3 Å². The molecule has 0 spiro atoms. The average Bonchev–Trinajstić information content (AvgIpc) is 3.12. The van der Waals surface area contributed by atoms with Crippen molar-refractivity contribution in [1.29, 1.82) is 0 Å². The Hall–Kier alpha value is -0.770. The van der Waals surface area contributed by atoms with Crippen LogP contribution in [0.2, 0.25) is 0 Å². The molecule has 2 fully saturated rings. The molecule has 110 valence electrons. The first kappa shape index (κ1) is 14.6. The van der Waals surface area contributed by atoms with Crippen molar-refractivity contribution in [3.63, 3.8) is 0 Å². The van der Waals surface area contributed by atoms with Crippen molar-refractivity contribution in [2.75, 3.05) is 26.2 Å². The summed E-state index contributed by atoms with van der Waals surface area (Å²) in [5.74, 6) is 1.82. The van der Waals surface area contributed by atoms with Gasteiger partial charge in [0.15, 0.2) is 5.96 Å². The highest BCUT2D eigenvalue weighted by Crippen LogP contribution is 2.28. The van der Waals surface area contributed by atoms with Crippen LogP contribution in [0.3, 0.4) is 0 Å². The first-order valence-electron chi connectivity index (χ1n) is 8.03. The Morgan fingerprint density at radius 2 is 2.11 bits per heavy atom. The van der Waals surface area contributed by atoms with Crippen LogP contribution in [0.15, 0.2) is 4.99 Å². The number of guanidine groups is 1. The molecule has 0 amide bonds. The predicted octanol–water partition coefficient (Wildman–Crippen LogP) is 1.82. The lowest BCUT2D eigenvalue weighted by Crippen LogP contribution is -2.43. The zero-order chi connectivity index (χ0) is 13.7. The van der Waals surface area contributed by atoms with Gasteiger partial charge in [-0.1, -0.05) is 20.3 Å². The summed E-state index contributed by atoms with van der Waals surface area (Å²) in [6.45, 7) is 11.0. The highest BCUT2D eigenvalue weighted by atomic mass is 15.2. The number of nitrogens with one attached hydrogen (secondary N) is 2. The molecule has 0 radical (unpaired) electrons. The number of rotatable bonds is 5. The number of hydrogen-bond donors (Lipinski definition) is 2. The highest BCUT2D eigenvalue weighted by Gasteiger charge is 2.33. The van der Waals surface area contributed by atoms with E-state index in [-0.39, 0.29) is 0 Å². The molecule has 0 aromatic carbocycles. The van der Waals surface area contributed by atoms with Crippen molar-refractivity contribution in [2.24, 2.45) is 10.9 Å². The summed E-state index contributed by atoms with van der Waals surface area (Å²) in [6, 6.07) is 1.29. The van der Waals surface area contributed by atoms with Crippen LogP contribution < -0.4 is 10.6 Å². The number of piperidine rings is 1. The summed E-state index contributed by atoms with van der Waals surface area (Å²) in [6.07, 6.45) is 5.30. The van der Waals surface area contributed by atoms with E-state index in [0.717, 1.165) is 31.5 Å². The van der Waals surface area contributed by atoms with E-state index in [1.807, 2.05) is 0 Å². The summed E-state index contributed by atoms with van der Waals surface area (Å²) >= 11 is 0. The highest BCUT2D eigenvalue weighted by molar-refractivity contribution is 5.80. The van der Waals surface area contributed by atoms with Gasteiger partial charge in [-0.3, -0.25) is 9.89 Å². The Bertz CT molecular complexity index is 303. The van der Waals surface area contributed by atoms with Crippen LogP contribution in [-0.4, -0.2) is 49.1 Å². The second-order valence-electron chi connectivity index (χ2n) is 5.96. The van der Waals surface area contributed by atoms with Gasteiger partial charge in [-0.25, -0.2) is 0 Å². The maximum Gasteiger partial charge on any atom is 0.191 e. The van der Waals surface area contributed by atoms with Gasteiger partial charge in [-0.15, -0.1) is 0 Å². The maximum atomic E-state index is 4.80. The van der Waals surface area contributed by atoms with Crippen LogP contribution >= 0.6 is 0 Å². The standard InChI is InChI=1S/C15H30N4/c1-4-16-15(18-14-10-12(14)3)17-11-13-8-6-7-9-19(13)5-2/h12-14H,4-11H2,1-3H3,(H2,16,17,18). The second kappa shape index (κ2) is 7.13. The monoisotopic (exact) mass is 266 g/mol. The third kappa shape index (κ3) is 4.37. The Labute approximate surface area is 118 Å². The summed E-state index contributed by atoms with van der Waals surface area (Å²) in [4.78, 5) is 7.38. The average molecular weight is 266 g/mol. The predicted molar refractivity (Wildman–Crippen MR) is 81.6 cm³/mol. The van der Waals surface area contributed by atoms with Crippen LogP contribution in [0.25, 0.3) is 0 Å². The van der Waals surface area contributed by atoms with Crippen LogP contribution in [0.5, 0.6) is 0 Å². The molecule has 0 bridgehead atoms. The third-order valence-corrected chi connectivity index (χ3v) is 4.39. The molecule has 2 aliphatic rings. The van der Waals surface area contributed by atoms with Gasteiger partial charge >= 0.3 is 0 Å². The molecule has 1 aliphatic heterocycles. The molecule has 3 atom stereocenters. The molecule has 2 N–H and O–H groups in total. The molecule has 1 saturated carbocycles. The van der Waals surface area contributed by atoms with E-state index in [9.17, 15) is 0 Å². The summed E-state index contributed by atoms with van der Waals surface area (Å²) in [5.41, 5.74) is 0. The maximum absolute atomic E-state index is 4.80. The van der Waals surface area contributed by atoms with Crippen LogP contribution in [0.1, 0.15) is 46.5 Å². The topological polar surface area (TPSA) is 39.7 Å². The number of likely N-dealkylation sites (N-methyl/N-ethyl adjacent to an activating group) is 1. The largest absolute Gasteiger partial charge is 0.357 e. The fourth-order valence-corrected chi connectivity index (χ4v) is 2.90. The summed E-state index contributed by atoms with van der Waals surface area (Å²) in [7, 11) is 0. The Kier molecular flexibility index (Phi) is 5.49. The van der Waals surface area contributed by atoms with Crippen molar-refractivity contribution in [1.82, 2.24) is 15.5 Å². The van der Waals surface area contributed by atoms with E-state index < -0.39 is 0 Å². The van der Waals surface area contributed by atoms with Crippen molar-refractivity contribution >= 4 is 5.96 Å². The lowest BCUT2D eigenvalue weighted by Gasteiger charge is -2.34. The van der Waals surface area contributed by atoms with Gasteiger partial charge in [0, 0.05) is 18.6 Å². The number of hydrogen-bond acceptors (Lipinski definition) is 2. The molecular formula is C15H30N4. The fourth-order valence-electron chi connectivity index (χ4n) is 2.90. The smallest absolute Gasteiger partial charge is 0.191 e. The molecular weight excluding hydrogens is 236 g/mol. The molecule has 0 aromatic heterocycles. The van der Waals surface area contributed by atoms with Crippen molar-refractivity contribution in [3.8, 4) is 0 Å². The molecule has 1 heterocycles. The van der Waals surface area contributed by atoms with E-state index in [1.165, 1.54) is 32.2 Å². The minimum Gasteiger partial charge on any atom is -0.357 e. The van der Waals surface area contributed by atoms with Gasteiger partial charge in [-0.2, -0.15) is 0 Å². The van der Waals surface area contributed by atoms with Gasteiger partial charge in [0.1, 0.15) is 0 Å². The molecule has 2 rings (SSSR count). The zero-order valence-corrected chi connectivity index (χ0v) is 12.8. The van der Waals surface area contributed by atoms with E-state index in [0.29, 0.717) is 12.1 Å². The van der Waals surface area contributed by atoms with Crippen LogP contribution in [0, 0.1) is 5.92 Å². The van der Waals surface area contributed by atoms with E-state index in [1.54, 1.807) is 0 Å². The molecule has 0 aromatic rings. The number of likely N-dealkylation sites (tertiary alicyclic amines) is 1. The van der Waals surface area contributed by atoms with Crippen LogP contribution in [-0.2, 0) is 0 Å². The first-order valence-corrected chi connectivity index (χ1v) is 8.03. The minimum absolute atomic E-state index is 0.644. The fraction of sp³-hybridized carbons (Fsp3) is 0.933. The van der Waals surface area contributed by atoms with E-state index in [4.69, 9.17) is 4.99 Å². The molecule has 19 heavy (non-hydrogen) atoms. The van der Waals surface area contributed by atoms with Gasteiger partial charge in [0.25, 0.3) is 0 Å². The molecule has 4 nitrogen and oxygen atoms in total. The SMILES string of the molecule is CCNC(=NCC1CCCCN1CC)NC1CC1C. The Balaban J connectivity index is 1.85. The molecule has 1 saturated heterocycles. The number of aliphatic imine (C=N–C) groups is 1. The third-order valence-electron chi connectivity index (χ3n) is 4.39. The summed E-state index contributed by atoms with van der Waals surface area (Å²) in [5, 5.41) is 6.90. The Morgan fingerprint density at radius 3 is 2.74 bits per heavy atom. The lowest BCUT2D eigenvalue weighted by molar-refractivity contribution is 0.161. The van der Waals surface area contributed by atoms with Crippen molar-refractivity contribution in [2.45, 2.75) is 58.5 Å². The second-order valence-corrected chi connectivity index (χ2v) is 5.96. The van der Waals surface area contributed by atoms with Gasteiger partial charge in [-0.05, 0) is 45.2 Å². The normalized spacial score (nSPS) is 32.2. The van der Waals surface area contributed by atoms with E-state index >= 15 is 0 Å². The zero-order valence-electron chi connectivity index (χ0n) is 12.8. The minimum atomic E-state index is 0.644. The van der Waals surface area contributed by atoms with Gasteiger partial charge in [0.2, 0.25) is 0 Å². The van der Waals surface area contributed by atoms with Gasteiger partial charge in [0.05, 0.1) is 6.54 Å². The molecule has 3 unspecified atom stereocenters. The first-order chi connectivity index (χ1) is 9.24. The van der Waals surface area contributed by atoms with Crippen molar-refractivity contribution < 1.29 is 0 Å². The van der Waals surface area contributed by atoms with Crippen LogP contribution in [0.4, 0.5) is 0 Å². The van der Waals surface area contributed by atoms with Crippen molar-refractivity contribution in [3.05, 3.63) is 0 Å². The summed E-state index contributed by atoms with van der Waals surface area (Å²) < 4.78 is 0. The Morgan fingerprint density at radius 1 is 1.32 bits per heavy atom. The lowest BCUT2D eigenvalue weighted by atomic mass is 10.0. The number of nitrogens with zero attached hydrogens (tertiary/aromatic N) is 2. The van der Waals surface area contributed by atoms with Gasteiger partial charge < -0.3 is 10.6 Å². The molecule has 4 heteroatoms. The molecule has 1 aliphatic carbocycles.